The lowest BCUT2D eigenvalue weighted by molar-refractivity contribution is -0.122. The first kappa shape index (κ1) is 18.1. The number of thiophene rings is 1. The van der Waals surface area contributed by atoms with Crippen LogP contribution < -0.4 is 5.32 Å². The molecule has 0 fully saturated rings. The highest BCUT2D eigenvalue weighted by atomic mass is 32.1. The molecule has 0 saturated heterocycles. The second-order valence-corrected chi connectivity index (χ2v) is 7.18. The summed E-state index contributed by atoms with van der Waals surface area (Å²) in [6.07, 6.45) is 4.06. The van der Waals surface area contributed by atoms with Gasteiger partial charge in [-0.3, -0.25) is 9.78 Å². The van der Waals surface area contributed by atoms with E-state index in [0.717, 1.165) is 16.0 Å². The van der Waals surface area contributed by atoms with E-state index in [9.17, 15) is 4.79 Å². The van der Waals surface area contributed by atoms with Crippen LogP contribution in [0.15, 0.2) is 76.9 Å². The van der Waals surface area contributed by atoms with Gasteiger partial charge in [0, 0.05) is 12.4 Å². The molecule has 3 heterocycles. The SMILES string of the molecule is O=C(NCc1nc(-c2cccs2)no1)C(Cc1ccncc1)c1ccccc1. The number of carbonyl (C=O) groups is 1. The van der Waals surface area contributed by atoms with Gasteiger partial charge < -0.3 is 9.84 Å². The van der Waals surface area contributed by atoms with Crippen LogP contribution in [0.2, 0.25) is 0 Å². The minimum atomic E-state index is -0.316. The first-order valence-corrected chi connectivity index (χ1v) is 9.75. The van der Waals surface area contributed by atoms with E-state index in [1.807, 2.05) is 60.0 Å². The van der Waals surface area contributed by atoms with Crippen molar-refractivity contribution in [3.63, 3.8) is 0 Å². The summed E-state index contributed by atoms with van der Waals surface area (Å²) in [5, 5.41) is 8.86. The summed E-state index contributed by atoms with van der Waals surface area (Å²) < 4.78 is 5.27. The van der Waals surface area contributed by atoms with Crippen molar-refractivity contribution in [2.75, 3.05) is 0 Å². The van der Waals surface area contributed by atoms with Crippen LogP contribution in [-0.4, -0.2) is 21.0 Å². The van der Waals surface area contributed by atoms with Gasteiger partial charge in [-0.05, 0) is 41.1 Å². The number of hydrogen-bond acceptors (Lipinski definition) is 6. The predicted molar refractivity (Wildman–Crippen MR) is 107 cm³/mol. The number of benzene rings is 1. The summed E-state index contributed by atoms with van der Waals surface area (Å²) in [7, 11) is 0. The highest BCUT2D eigenvalue weighted by molar-refractivity contribution is 7.13. The highest BCUT2D eigenvalue weighted by Crippen LogP contribution is 2.23. The van der Waals surface area contributed by atoms with Gasteiger partial charge in [0.15, 0.2) is 0 Å². The van der Waals surface area contributed by atoms with E-state index in [-0.39, 0.29) is 18.4 Å². The van der Waals surface area contributed by atoms with E-state index < -0.39 is 0 Å². The molecule has 0 aliphatic rings. The quantitative estimate of drug-likeness (QED) is 0.519. The maximum Gasteiger partial charge on any atom is 0.246 e. The van der Waals surface area contributed by atoms with E-state index in [2.05, 4.69) is 20.4 Å². The third kappa shape index (κ3) is 4.32. The van der Waals surface area contributed by atoms with Crippen molar-refractivity contribution in [3.8, 4) is 10.7 Å². The molecule has 28 heavy (non-hydrogen) atoms. The highest BCUT2D eigenvalue weighted by Gasteiger charge is 2.21. The summed E-state index contributed by atoms with van der Waals surface area (Å²) in [4.78, 5) is 22.3. The van der Waals surface area contributed by atoms with Crippen molar-refractivity contribution in [1.82, 2.24) is 20.4 Å². The van der Waals surface area contributed by atoms with Crippen LogP contribution in [0.4, 0.5) is 0 Å². The molecule has 4 rings (SSSR count). The maximum atomic E-state index is 12.9. The van der Waals surface area contributed by atoms with Crippen LogP contribution in [0.3, 0.4) is 0 Å². The van der Waals surface area contributed by atoms with E-state index in [0.29, 0.717) is 18.1 Å². The maximum absolute atomic E-state index is 12.9. The Morgan fingerprint density at radius 2 is 1.89 bits per heavy atom. The fourth-order valence-electron chi connectivity index (χ4n) is 2.92. The number of carbonyl (C=O) groups excluding carboxylic acids is 1. The molecule has 1 N–H and O–H groups in total. The van der Waals surface area contributed by atoms with Crippen molar-refractivity contribution in [3.05, 3.63) is 89.4 Å². The monoisotopic (exact) mass is 390 g/mol. The molecule has 4 aromatic rings. The van der Waals surface area contributed by atoms with E-state index in [4.69, 9.17) is 4.52 Å². The molecule has 1 unspecified atom stereocenters. The molecule has 7 heteroatoms. The molecule has 1 aromatic carbocycles. The molecule has 3 aromatic heterocycles. The molecule has 6 nitrogen and oxygen atoms in total. The Hall–Kier alpha value is -3.32. The van der Waals surface area contributed by atoms with Crippen molar-refractivity contribution in [2.24, 2.45) is 0 Å². The fourth-order valence-corrected chi connectivity index (χ4v) is 3.57. The Morgan fingerprint density at radius 3 is 2.64 bits per heavy atom. The molecule has 0 saturated carbocycles. The Morgan fingerprint density at radius 1 is 1.07 bits per heavy atom. The summed E-state index contributed by atoms with van der Waals surface area (Å²) in [5.74, 6) is 0.519. The normalized spacial score (nSPS) is 11.9. The largest absolute Gasteiger partial charge is 0.346 e. The lowest BCUT2D eigenvalue weighted by atomic mass is 9.91. The van der Waals surface area contributed by atoms with E-state index in [1.54, 1.807) is 12.4 Å². The van der Waals surface area contributed by atoms with Crippen LogP contribution in [-0.2, 0) is 17.8 Å². The average Bonchev–Trinajstić information content (AvgIpc) is 3.43. The number of nitrogens with zero attached hydrogens (tertiary/aromatic N) is 3. The Labute approximate surface area is 166 Å². The van der Waals surface area contributed by atoms with Crippen LogP contribution in [0.5, 0.6) is 0 Å². The molecule has 0 aliphatic carbocycles. The first-order chi connectivity index (χ1) is 13.8. The average molecular weight is 390 g/mol. The minimum absolute atomic E-state index is 0.0844. The van der Waals surface area contributed by atoms with Crippen molar-refractivity contribution in [1.29, 1.82) is 0 Å². The van der Waals surface area contributed by atoms with Gasteiger partial charge in [0.25, 0.3) is 0 Å². The van der Waals surface area contributed by atoms with Gasteiger partial charge in [-0.25, -0.2) is 0 Å². The first-order valence-electron chi connectivity index (χ1n) is 8.87. The number of nitrogens with one attached hydrogen (secondary N) is 1. The van der Waals surface area contributed by atoms with Crippen LogP contribution in [0.1, 0.15) is 22.9 Å². The van der Waals surface area contributed by atoms with Crippen LogP contribution >= 0.6 is 11.3 Å². The summed E-state index contributed by atoms with van der Waals surface area (Å²) in [6, 6.07) is 17.5. The van der Waals surface area contributed by atoms with Gasteiger partial charge >= 0.3 is 0 Å². The number of pyridine rings is 1. The van der Waals surface area contributed by atoms with Gasteiger partial charge in [0.1, 0.15) is 0 Å². The van der Waals surface area contributed by atoms with Crippen LogP contribution in [0, 0.1) is 0 Å². The van der Waals surface area contributed by atoms with Gasteiger partial charge in [-0.2, -0.15) is 4.98 Å². The van der Waals surface area contributed by atoms with Gasteiger partial charge in [-0.1, -0.05) is 41.6 Å². The summed E-state index contributed by atoms with van der Waals surface area (Å²) in [5.41, 5.74) is 2.01. The van der Waals surface area contributed by atoms with E-state index in [1.165, 1.54) is 11.3 Å². The molecule has 0 bridgehead atoms. The minimum Gasteiger partial charge on any atom is -0.346 e. The topological polar surface area (TPSA) is 80.9 Å². The number of rotatable bonds is 7. The Kier molecular flexibility index (Phi) is 5.53. The number of aromatic nitrogens is 3. The van der Waals surface area contributed by atoms with Crippen LogP contribution in [0.25, 0.3) is 10.7 Å². The lowest BCUT2D eigenvalue weighted by Gasteiger charge is -2.17. The molecular weight excluding hydrogens is 372 g/mol. The zero-order valence-electron chi connectivity index (χ0n) is 15.0. The molecule has 1 amide bonds. The zero-order chi connectivity index (χ0) is 19.2. The van der Waals surface area contributed by atoms with Gasteiger partial charge in [0.2, 0.25) is 17.6 Å². The van der Waals surface area contributed by atoms with E-state index >= 15 is 0 Å². The van der Waals surface area contributed by atoms with Crippen molar-refractivity contribution < 1.29 is 9.32 Å². The molecule has 0 spiro atoms. The van der Waals surface area contributed by atoms with Gasteiger partial charge in [-0.15, -0.1) is 11.3 Å². The smallest absolute Gasteiger partial charge is 0.246 e. The number of amides is 1. The molecule has 0 aliphatic heterocycles. The Balaban J connectivity index is 1.46. The second kappa shape index (κ2) is 8.58. The Bertz CT molecular complexity index is 1020. The predicted octanol–water partition coefficient (Wildman–Crippen LogP) is 3.84. The third-order valence-electron chi connectivity index (χ3n) is 4.33. The van der Waals surface area contributed by atoms with Crippen molar-refractivity contribution >= 4 is 17.2 Å². The molecule has 140 valence electrons. The lowest BCUT2D eigenvalue weighted by Crippen LogP contribution is -2.30. The number of hydrogen-bond donors (Lipinski definition) is 1. The fraction of sp³-hybridized carbons (Fsp3) is 0.143. The summed E-state index contributed by atoms with van der Waals surface area (Å²) >= 11 is 1.54. The molecular formula is C21H18N4O2S. The second-order valence-electron chi connectivity index (χ2n) is 6.23. The summed E-state index contributed by atoms with van der Waals surface area (Å²) in [6.45, 7) is 0.191. The molecule has 1 atom stereocenters. The standard InChI is InChI=1S/C21H18N4O2S/c26-21(23-14-19-24-20(25-27-19)18-7-4-12-28-18)17(16-5-2-1-3-6-16)13-15-8-10-22-11-9-15/h1-12,17H,13-14H2,(H,23,26). The van der Waals surface area contributed by atoms with Gasteiger partial charge in [0.05, 0.1) is 17.3 Å². The third-order valence-corrected chi connectivity index (χ3v) is 5.20. The molecule has 0 radical (unpaired) electrons. The van der Waals surface area contributed by atoms with Crippen molar-refractivity contribution in [2.45, 2.75) is 18.9 Å². The zero-order valence-corrected chi connectivity index (χ0v) is 15.8.